The third-order valence-corrected chi connectivity index (χ3v) is 4.99. The molecule has 0 amide bonds. The van der Waals surface area contributed by atoms with Crippen molar-refractivity contribution < 1.29 is 19.2 Å². The molecule has 1 fully saturated rings. The van der Waals surface area contributed by atoms with Crippen molar-refractivity contribution in [1.29, 1.82) is 0 Å². The first-order valence-electron chi connectivity index (χ1n) is 9.45. The lowest BCUT2D eigenvalue weighted by Crippen LogP contribution is -2.46. The predicted octanol–water partition coefficient (Wildman–Crippen LogP) is 2.33. The van der Waals surface area contributed by atoms with Crippen LogP contribution in [0.4, 0.5) is 0 Å². The number of Topliss-reactive ketones (excluding diaryl/α,β-unsaturated/α-hetero) is 1. The first kappa shape index (κ1) is 19.4. The van der Waals surface area contributed by atoms with Crippen LogP contribution in [0.3, 0.4) is 0 Å². The molecule has 0 unspecified atom stereocenters. The smallest absolute Gasteiger partial charge is 0.266 e. The zero-order valence-corrected chi connectivity index (χ0v) is 16.0. The first-order valence-corrected chi connectivity index (χ1v) is 9.45. The van der Waals surface area contributed by atoms with Crippen molar-refractivity contribution in [3.8, 4) is 5.75 Å². The molecule has 0 atom stereocenters. The van der Waals surface area contributed by atoms with Crippen LogP contribution in [0.25, 0.3) is 11.0 Å². The highest BCUT2D eigenvalue weighted by Crippen LogP contribution is 2.21. The fraction of sp³-hybridized carbons (Fsp3) is 0.500. The van der Waals surface area contributed by atoms with Crippen molar-refractivity contribution >= 4 is 16.8 Å². The van der Waals surface area contributed by atoms with Crippen LogP contribution in [-0.4, -0.2) is 66.7 Å². The molecule has 1 aromatic carbocycles. The van der Waals surface area contributed by atoms with Crippen LogP contribution in [-0.2, 0) is 0 Å². The lowest BCUT2D eigenvalue weighted by molar-refractivity contribution is 0.101. The number of hydrogen-bond acceptors (Lipinski definition) is 7. The summed E-state index contributed by atoms with van der Waals surface area (Å²) in [5.74, 6) is 0.482. The summed E-state index contributed by atoms with van der Waals surface area (Å²) in [5, 5.41) is 12.9. The molecule has 3 rings (SSSR count). The van der Waals surface area contributed by atoms with Gasteiger partial charge in [0.05, 0.1) is 12.2 Å². The third kappa shape index (κ3) is 4.87. The van der Waals surface area contributed by atoms with E-state index in [4.69, 9.17) is 14.4 Å². The molecule has 1 aromatic heterocycles. The normalized spacial score (nSPS) is 16.7. The number of ether oxygens (including phenoxy) is 1. The van der Waals surface area contributed by atoms with Crippen LogP contribution in [0.5, 0.6) is 5.75 Å². The largest absolute Gasteiger partial charge is 0.493 e. The molecule has 27 heavy (non-hydrogen) atoms. The van der Waals surface area contributed by atoms with Gasteiger partial charge >= 0.3 is 0 Å². The van der Waals surface area contributed by atoms with Gasteiger partial charge in [-0.05, 0) is 43.2 Å². The molecule has 0 saturated carbocycles. The van der Waals surface area contributed by atoms with E-state index < -0.39 is 0 Å². The van der Waals surface area contributed by atoms with Crippen molar-refractivity contribution in [3.63, 3.8) is 0 Å². The first-order chi connectivity index (χ1) is 13.1. The molecule has 0 aliphatic carbocycles. The molecule has 2 aromatic rings. The minimum absolute atomic E-state index is 0.0848. The van der Waals surface area contributed by atoms with Crippen molar-refractivity contribution in [2.75, 3.05) is 45.9 Å². The number of hydrogen-bond donors (Lipinski definition) is 1. The molecule has 146 valence electrons. The van der Waals surface area contributed by atoms with Crippen LogP contribution in [0, 0.1) is 0 Å². The fourth-order valence-electron chi connectivity index (χ4n) is 3.32. The summed E-state index contributed by atoms with van der Waals surface area (Å²) in [5.41, 5.74) is 0.682. The Morgan fingerprint density at radius 1 is 1.22 bits per heavy atom. The highest BCUT2D eigenvalue weighted by molar-refractivity contribution is 5.96. The molecule has 7 nitrogen and oxygen atoms in total. The number of carbonyl (C=O) groups excluding carboxylic acids is 1. The number of piperazine rings is 1. The Labute approximate surface area is 158 Å². The highest BCUT2D eigenvalue weighted by Gasteiger charge is 2.14. The Morgan fingerprint density at radius 3 is 2.63 bits per heavy atom. The molecular formula is C20H27N3O4. The molecule has 0 radical (unpaired) electrons. The molecule has 1 aliphatic heterocycles. The number of rotatable bonds is 7. The van der Waals surface area contributed by atoms with Gasteiger partial charge in [0, 0.05) is 44.2 Å². The van der Waals surface area contributed by atoms with Gasteiger partial charge in [0.15, 0.2) is 5.78 Å². The maximum atomic E-state index is 11.6. The Kier molecular flexibility index (Phi) is 6.47. The van der Waals surface area contributed by atoms with E-state index in [-0.39, 0.29) is 16.9 Å². The van der Waals surface area contributed by atoms with Crippen LogP contribution in [0.15, 0.2) is 33.8 Å². The van der Waals surface area contributed by atoms with E-state index in [1.54, 1.807) is 12.1 Å². The topological polar surface area (TPSA) is 78.5 Å². The standard InChI is InChI=1S/C20H27N3O4/c1-3-22-8-10-23(11-9-22)7-4-12-26-17-6-5-16-13-18(15(2)24)20(21-25)27-19(16)14-17/h5-6,13-14,25H,3-4,7-12H2,1-2H3. The van der Waals surface area contributed by atoms with Gasteiger partial charge in [-0.2, -0.15) is 0 Å². The Balaban J connectivity index is 1.56. The minimum Gasteiger partial charge on any atom is -0.493 e. The van der Waals surface area contributed by atoms with E-state index in [0.29, 0.717) is 17.9 Å². The van der Waals surface area contributed by atoms with Crippen molar-refractivity contribution in [3.05, 3.63) is 35.4 Å². The van der Waals surface area contributed by atoms with Gasteiger partial charge in [0.25, 0.3) is 5.55 Å². The van der Waals surface area contributed by atoms with Crippen molar-refractivity contribution in [1.82, 2.24) is 9.80 Å². The van der Waals surface area contributed by atoms with E-state index in [1.165, 1.54) is 6.92 Å². The van der Waals surface area contributed by atoms with Gasteiger partial charge in [0.1, 0.15) is 11.3 Å². The van der Waals surface area contributed by atoms with Crippen molar-refractivity contribution in [2.45, 2.75) is 20.3 Å². The predicted molar refractivity (Wildman–Crippen MR) is 102 cm³/mol. The SMILES string of the molecule is CCN1CCN(CCCOc2ccc3cc(C(C)=O)c(=NO)oc3c2)CC1. The molecule has 2 heterocycles. The number of carbonyl (C=O) groups is 1. The monoisotopic (exact) mass is 373 g/mol. The second-order valence-corrected chi connectivity index (χ2v) is 6.80. The molecule has 0 bridgehead atoms. The summed E-state index contributed by atoms with van der Waals surface area (Å²) in [4.78, 5) is 16.6. The minimum atomic E-state index is -0.214. The van der Waals surface area contributed by atoms with Gasteiger partial charge in [-0.25, -0.2) is 0 Å². The highest BCUT2D eigenvalue weighted by atomic mass is 16.5. The summed E-state index contributed by atoms with van der Waals surface area (Å²) in [7, 11) is 0. The van der Waals surface area contributed by atoms with E-state index in [2.05, 4.69) is 21.9 Å². The summed E-state index contributed by atoms with van der Waals surface area (Å²) in [6.45, 7) is 10.9. The number of likely N-dealkylation sites (N-methyl/N-ethyl adjacent to an activating group) is 1. The summed E-state index contributed by atoms with van der Waals surface area (Å²) in [6, 6.07) is 7.12. The van der Waals surface area contributed by atoms with Gasteiger partial charge in [0.2, 0.25) is 0 Å². The summed E-state index contributed by atoms with van der Waals surface area (Å²) in [6.07, 6.45) is 0.960. The molecular weight excluding hydrogens is 346 g/mol. The van der Waals surface area contributed by atoms with E-state index >= 15 is 0 Å². The van der Waals surface area contributed by atoms with Crippen LogP contribution < -0.4 is 10.3 Å². The summed E-state index contributed by atoms with van der Waals surface area (Å²) >= 11 is 0. The summed E-state index contributed by atoms with van der Waals surface area (Å²) < 4.78 is 11.4. The Hall–Kier alpha value is -2.38. The van der Waals surface area contributed by atoms with Gasteiger partial charge in [-0.15, -0.1) is 0 Å². The van der Waals surface area contributed by atoms with Gasteiger partial charge in [-0.3, -0.25) is 4.79 Å². The average Bonchev–Trinajstić information content (AvgIpc) is 2.70. The number of ketones is 1. The van der Waals surface area contributed by atoms with Crippen LogP contribution in [0.2, 0.25) is 0 Å². The zero-order valence-electron chi connectivity index (χ0n) is 16.0. The molecule has 0 spiro atoms. The van der Waals surface area contributed by atoms with Gasteiger partial charge in [-0.1, -0.05) is 6.92 Å². The van der Waals surface area contributed by atoms with E-state index in [9.17, 15) is 4.79 Å². The maximum Gasteiger partial charge on any atom is 0.266 e. The molecule has 1 N–H and O–H groups in total. The van der Waals surface area contributed by atoms with Crippen LogP contribution >= 0.6 is 0 Å². The number of fused-ring (bicyclic) bond motifs is 1. The maximum absolute atomic E-state index is 11.6. The average molecular weight is 373 g/mol. The number of benzene rings is 1. The quantitative estimate of drug-likeness (QED) is 0.347. The number of nitrogens with zero attached hydrogens (tertiary/aromatic N) is 3. The van der Waals surface area contributed by atoms with Gasteiger partial charge < -0.3 is 24.2 Å². The van der Waals surface area contributed by atoms with Crippen LogP contribution in [0.1, 0.15) is 30.6 Å². The van der Waals surface area contributed by atoms with Crippen molar-refractivity contribution in [2.24, 2.45) is 5.16 Å². The second-order valence-electron chi connectivity index (χ2n) is 6.80. The van der Waals surface area contributed by atoms with E-state index in [1.807, 2.05) is 12.1 Å². The van der Waals surface area contributed by atoms with E-state index in [0.717, 1.165) is 51.1 Å². The zero-order chi connectivity index (χ0) is 19.2. The lowest BCUT2D eigenvalue weighted by atomic mass is 10.1. The fourth-order valence-corrected chi connectivity index (χ4v) is 3.32. The molecule has 1 saturated heterocycles. The molecule has 7 heteroatoms. The Morgan fingerprint density at radius 2 is 1.96 bits per heavy atom. The molecule has 1 aliphatic rings. The third-order valence-electron chi connectivity index (χ3n) is 4.99. The Bertz CT molecular complexity index is 854. The second kappa shape index (κ2) is 9.01. The lowest BCUT2D eigenvalue weighted by Gasteiger charge is -2.33.